The number of carbonyl (C=O) groups excluding carboxylic acids is 1. The number of carbonyl (C=O) groups is 1. The number of hydrogen-bond acceptors (Lipinski definition) is 6. The predicted molar refractivity (Wildman–Crippen MR) is 84.2 cm³/mol. The van der Waals surface area contributed by atoms with Gasteiger partial charge in [-0.15, -0.1) is 0 Å². The zero-order valence-corrected chi connectivity index (χ0v) is 14.2. The maximum Gasteiger partial charge on any atom is 0.410 e. The molecule has 0 aromatic carbocycles. The fourth-order valence-electron chi connectivity index (χ4n) is 2.39. The number of ether oxygens (including phenoxy) is 3. The molecule has 1 aliphatic heterocycles. The monoisotopic (exact) mass is 323 g/mol. The molecule has 0 saturated carbocycles. The van der Waals surface area contributed by atoms with Crippen LogP contribution >= 0.6 is 0 Å². The van der Waals surface area contributed by atoms with Crippen molar-refractivity contribution >= 4 is 6.09 Å². The summed E-state index contributed by atoms with van der Waals surface area (Å²) in [4.78, 5) is 22.2. The van der Waals surface area contributed by atoms with E-state index in [1.165, 1.54) is 0 Å². The lowest BCUT2D eigenvalue weighted by Gasteiger charge is -2.34. The van der Waals surface area contributed by atoms with E-state index in [4.69, 9.17) is 14.2 Å². The van der Waals surface area contributed by atoms with Crippen molar-refractivity contribution in [3.8, 4) is 5.88 Å². The molecule has 1 aromatic rings. The normalized spacial score (nSPS) is 18.6. The Bertz CT molecular complexity index is 530. The summed E-state index contributed by atoms with van der Waals surface area (Å²) in [6.07, 6.45) is 4.65. The Kier molecular flexibility index (Phi) is 5.76. The Morgan fingerprint density at radius 3 is 2.78 bits per heavy atom. The van der Waals surface area contributed by atoms with E-state index < -0.39 is 5.60 Å². The van der Waals surface area contributed by atoms with Gasteiger partial charge in [-0.2, -0.15) is 0 Å². The Morgan fingerprint density at radius 2 is 2.09 bits per heavy atom. The third-order valence-electron chi connectivity index (χ3n) is 3.41. The van der Waals surface area contributed by atoms with Crippen LogP contribution < -0.4 is 4.74 Å². The Hall–Kier alpha value is -1.89. The van der Waals surface area contributed by atoms with Crippen molar-refractivity contribution in [1.29, 1.82) is 0 Å². The average molecular weight is 323 g/mol. The van der Waals surface area contributed by atoms with Gasteiger partial charge < -0.3 is 19.1 Å². The highest BCUT2D eigenvalue weighted by Crippen LogP contribution is 2.19. The molecule has 7 nitrogen and oxygen atoms in total. The second-order valence-electron chi connectivity index (χ2n) is 6.51. The highest BCUT2D eigenvalue weighted by atomic mass is 16.6. The lowest BCUT2D eigenvalue weighted by Crippen LogP contribution is -2.45. The maximum atomic E-state index is 12.1. The number of amides is 1. The minimum absolute atomic E-state index is 0.0389. The van der Waals surface area contributed by atoms with Gasteiger partial charge in [-0.3, -0.25) is 4.98 Å². The SMILES string of the molecule is COc1nccnc1CO[C@H]1CCCN(C(=O)OC(C)(C)C)C1. The summed E-state index contributed by atoms with van der Waals surface area (Å²) in [6.45, 7) is 7.13. The summed E-state index contributed by atoms with van der Waals surface area (Å²) in [6, 6.07) is 0. The summed E-state index contributed by atoms with van der Waals surface area (Å²) in [7, 11) is 1.55. The number of piperidine rings is 1. The van der Waals surface area contributed by atoms with Crippen molar-refractivity contribution in [2.75, 3.05) is 20.2 Å². The third kappa shape index (κ3) is 5.35. The molecule has 2 rings (SSSR count). The minimum atomic E-state index is -0.488. The predicted octanol–water partition coefficient (Wildman–Crippen LogP) is 2.40. The molecular formula is C16H25N3O4. The van der Waals surface area contributed by atoms with Gasteiger partial charge in [-0.05, 0) is 33.6 Å². The lowest BCUT2D eigenvalue weighted by atomic mass is 10.1. The van der Waals surface area contributed by atoms with Crippen LogP contribution in [0.25, 0.3) is 0 Å². The number of aromatic nitrogens is 2. The summed E-state index contributed by atoms with van der Waals surface area (Å²) in [5, 5.41) is 0. The first-order valence-electron chi connectivity index (χ1n) is 7.82. The zero-order valence-electron chi connectivity index (χ0n) is 14.2. The van der Waals surface area contributed by atoms with Crippen LogP contribution in [0.5, 0.6) is 5.88 Å². The number of nitrogens with zero attached hydrogens (tertiary/aromatic N) is 3. The molecule has 0 N–H and O–H groups in total. The van der Waals surface area contributed by atoms with Gasteiger partial charge in [0.1, 0.15) is 11.3 Å². The van der Waals surface area contributed by atoms with Gasteiger partial charge >= 0.3 is 6.09 Å². The van der Waals surface area contributed by atoms with Crippen LogP contribution in [0.2, 0.25) is 0 Å². The van der Waals surface area contributed by atoms with Crippen LogP contribution in [0.1, 0.15) is 39.3 Å². The molecular weight excluding hydrogens is 298 g/mol. The van der Waals surface area contributed by atoms with Gasteiger partial charge in [-0.25, -0.2) is 9.78 Å². The van der Waals surface area contributed by atoms with Crippen molar-refractivity contribution in [1.82, 2.24) is 14.9 Å². The summed E-state index contributed by atoms with van der Waals surface area (Å²) in [5.41, 5.74) is 0.169. The first-order valence-corrected chi connectivity index (χ1v) is 7.82. The second-order valence-corrected chi connectivity index (χ2v) is 6.51. The standard InChI is InChI=1S/C16H25N3O4/c1-16(2,3)23-15(20)19-9-5-6-12(10-19)22-11-13-14(21-4)18-8-7-17-13/h7-8,12H,5-6,9-11H2,1-4H3/t12-/m0/s1. The zero-order chi connectivity index (χ0) is 16.9. The van der Waals surface area contributed by atoms with Crippen LogP contribution in [-0.2, 0) is 16.1 Å². The molecule has 0 aliphatic carbocycles. The maximum absolute atomic E-state index is 12.1. The quantitative estimate of drug-likeness (QED) is 0.847. The van der Waals surface area contributed by atoms with Gasteiger partial charge in [0.25, 0.3) is 0 Å². The van der Waals surface area contributed by atoms with Gasteiger partial charge in [0.2, 0.25) is 5.88 Å². The molecule has 1 saturated heterocycles. The Morgan fingerprint density at radius 1 is 1.35 bits per heavy atom. The largest absolute Gasteiger partial charge is 0.480 e. The second kappa shape index (κ2) is 7.59. The summed E-state index contributed by atoms with van der Waals surface area (Å²) in [5.74, 6) is 0.465. The molecule has 0 unspecified atom stereocenters. The number of methoxy groups -OCH3 is 1. The highest BCUT2D eigenvalue weighted by molar-refractivity contribution is 5.68. The van der Waals surface area contributed by atoms with Crippen LogP contribution in [-0.4, -0.2) is 52.9 Å². The average Bonchev–Trinajstić information content (AvgIpc) is 2.52. The smallest absolute Gasteiger partial charge is 0.410 e. The van der Waals surface area contributed by atoms with E-state index >= 15 is 0 Å². The van der Waals surface area contributed by atoms with Crippen LogP contribution in [0, 0.1) is 0 Å². The molecule has 1 fully saturated rings. The van der Waals surface area contributed by atoms with Crippen LogP contribution in [0.3, 0.4) is 0 Å². The van der Waals surface area contributed by atoms with Crippen molar-refractivity contribution < 1.29 is 19.0 Å². The van der Waals surface area contributed by atoms with E-state index in [0.29, 0.717) is 31.3 Å². The Labute approximate surface area is 137 Å². The van der Waals surface area contributed by atoms with Crippen molar-refractivity contribution in [3.63, 3.8) is 0 Å². The third-order valence-corrected chi connectivity index (χ3v) is 3.41. The van der Waals surface area contributed by atoms with Crippen molar-refractivity contribution in [2.45, 2.75) is 51.9 Å². The van der Waals surface area contributed by atoms with E-state index in [0.717, 1.165) is 12.8 Å². The highest BCUT2D eigenvalue weighted by Gasteiger charge is 2.28. The molecule has 2 heterocycles. The molecule has 1 atom stereocenters. The van der Waals surface area contributed by atoms with Crippen molar-refractivity contribution in [3.05, 3.63) is 18.1 Å². The molecule has 128 valence electrons. The topological polar surface area (TPSA) is 73.8 Å². The van der Waals surface area contributed by atoms with E-state index in [2.05, 4.69) is 9.97 Å². The molecule has 1 aromatic heterocycles. The fraction of sp³-hybridized carbons (Fsp3) is 0.688. The van der Waals surface area contributed by atoms with E-state index in [-0.39, 0.29) is 12.2 Å². The van der Waals surface area contributed by atoms with Crippen molar-refractivity contribution in [2.24, 2.45) is 0 Å². The molecule has 0 spiro atoms. The lowest BCUT2D eigenvalue weighted by molar-refractivity contribution is -0.0271. The molecule has 1 amide bonds. The van der Waals surface area contributed by atoms with Crippen LogP contribution in [0.4, 0.5) is 4.79 Å². The van der Waals surface area contributed by atoms with E-state index in [1.54, 1.807) is 24.4 Å². The molecule has 23 heavy (non-hydrogen) atoms. The van der Waals surface area contributed by atoms with Gasteiger partial charge in [0.05, 0.1) is 26.4 Å². The number of likely N-dealkylation sites (tertiary alicyclic amines) is 1. The molecule has 0 bridgehead atoms. The van der Waals surface area contributed by atoms with Gasteiger partial charge in [0, 0.05) is 18.9 Å². The van der Waals surface area contributed by atoms with E-state index in [1.807, 2.05) is 20.8 Å². The summed E-state index contributed by atoms with van der Waals surface area (Å²) < 4.78 is 16.5. The fourth-order valence-corrected chi connectivity index (χ4v) is 2.39. The number of hydrogen-bond donors (Lipinski definition) is 0. The van der Waals surface area contributed by atoms with Gasteiger partial charge in [-0.1, -0.05) is 0 Å². The van der Waals surface area contributed by atoms with Crippen LogP contribution in [0.15, 0.2) is 12.4 Å². The molecule has 0 radical (unpaired) electrons. The van der Waals surface area contributed by atoms with Gasteiger partial charge in [0.15, 0.2) is 0 Å². The first kappa shape index (κ1) is 17.5. The first-order chi connectivity index (χ1) is 10.9. The number of rotatable bonds is 4. The molecule has 1 aliphatic rings. The summed E-state index contributed by atoms with van der Waals surface area (Å²) >= 11 is 0. The Balaban J connectivity index is 1.88. The molecule has 7 heteroatoms. The minimum Gasteiger partial charge on any atom is -0.480 e. The van der Waals surface area contributed by atoms with E-state index in [9.17, 15) is 4.79 Å².